The largest absolute Gasteiger partial charge is 0.462 e. The number of hydrogen-bond acceptors (Lipinski definition) is 5. The van der Waals surface area contributed by atoms with Crippen LogP contribution in [0.4, 0.5) is 15.8 Å². The average Bonchev–Trinajstić information content (AvgIpc) is 2.57. The first-order valence-corrected chi connectivity index (χ1v) is 9.98. The van der Waals surface area contributed by atoms with Gasteiger partial charge in [-0.1, -0.05) is 0 Å². The SMILES string of the molecule is CCOC(=O)c1ccc(S(=O)(=O)Nc2cc(NC(C)=O)ccc2F)c(Br)c1. The van der Waals surface area contributed by atoms with Crippen LogP contribution in [-0.4, -0.2) is 26.9 Å². The van der Waals surface area contributed by atoms with Crippen LogP contribution < -0.4 is 10.0 Å². The van der Waals surface area contributed by atoms with Gasteiger partial charge < -0.3 is 10.1 Å². The second-order valence-corrected chi connectivity index (χ2v) is 7.85. The van der Waals surface area contributed by atoms with Crippen molar-refractivity contribution in [3.63, 3.8) is 0 Å². The fraction of sp³-hybridized carbons (Fsp3) is 0.176. The van der Waals surface area contributed by atoms with Gasteiger partial charge in [0.25, 0.3) is 10.0 Å². The smallest absolute Gasteiger partial charge is 0.338 e. The summed E-state index contributed by atoms with van der Waals surface area (Å²) in [6.07, 6.45) is 0. The lowest BCUT2D eigenvalue weighted by atomic mass is 10.2. The molecule has 144 valence electrons. The molecule has 1 amide bonds. The first-order valence-electron chi connectivity index (χ1n) is 7.70. The third kappa shape index (κ3) is 5.27. The number of esters is 1. The Morgan fingerprint density at radius 3 is 2.48 bits per heavy atom. The molecule has 0 fully saturated rings. The average molecular weight is 459 g/mol. The molecule has 0 atom stereocenters. The molecule has 2 N–H and O–H groups in total. The van der Waals surface area contributed by atoms with Crippen LogP contribution in [0.15, 0.2) is 45.8 Å². The summed E-state index contributed by atoms with van der Waals surface area (Å²) in [5, 5.41) is 2.44. The van der Waals surface area contributed by atoms with Crippen molar-refractivity contribution in [2.24, 2.45) is 0 Å². The van der Waals surface area contributed by atoms with Gasteiger partial charge in [-0.25, -0.2) is 17.6 Å². The van der Waals surface area contributed by atoms with Gasteiger partial charge in [-0.15, -0.1) is 0 Å². The van der Waals surface area contributed by atoms with E-state index in [9.17, 15) is 22.4 Å². The molecule has 0 aliphatic rings. The van der Waals surface area contributed by atoms with Crippen molar-refractivity contribution < 1.29 is 27.1 Å². The fourth-order valence-corrected chi connectivity index (χ4v) is 4.28. The second-order valence-electron chi connectivity index (χ2n) is 5.35. The monoisotopic (exact) mass is 458 g/mol. The molecular formula is C17H16BrFN2O5S. The van der Waals surface area contributed by atoms with Crippen LogP contribution in [0.1, 0.15) is 24.2 Å². The minimum Gasteiger partial charge on any atom is -0.462 e. The van der Waals surface area contributed by atoms with Crippen molar-refractivity contribution in [2.45, 2.75) is 18.7 Å². The van der Waals surface area contributed by atoms with E-state index in [0.29, 0.717) is 0 Å². The Bertz CT molecular complexity index is 995. The number of sulfonamides is 1. The predicted octanol–water partition coefficient (Wildman–Crippen LogP) is 3.52. The molecule has 2 aromatic rings. The summed E-state index contributed by atoms with van der Waals surface area (Å²) < 4.78 is 46.3. The van der Waals surface area contributed by atoms with Gasteiger partial charge in [0.15, 0.2) is 0 Å². The Morgan fingerprint density at radius 2 is 1.89 bits per heavy atom. The Balaban J connectivity index is 2.34. The molecule has 0 heterocycles. The van der Waals surface area contributed by atoms with Crippen molar-refractivity contribution in [3.8, 4) is 0 Å². The highest BCUT2D eigenvalue weighted by atomic mass is 79.9. The molecule has 0 saturated heterocycles. The molecule has 2 rings (SSSR count). The van der Waals surface area contributed by atoms with Crippen LogP contribution in [-0.2, 0) is 19.6 Å². The second kappa shape index (κ2) is 8.49. The highest BCUT2D eigenvalue weighted by Gasteiger charge is 2.21. The first kappa shape index (κ1) is 20.8. The maximum Gasteiger partial charge on any atom is 0.338 e. The van der Waals surface area contributed by atoms with Gasteiger partial charge in [0.1, 0.15) is 10.7 Å². The topological polar surface area (TPSA) is 102 Å². The Kier molecular flexibility index (Phi) is 6.55. The fourth-order valence-electron chi connectivity index (χ4n) is 2.14. The third-order valence-electron chi connectivity index (χ3n) is 3.26. The van der Waals surface area contributed by atoms with Crippen LogP contribution in [0.5, 0.6) is 0 Å². The summed E-state index contributed by atoms with van der Waals surface area (Å²) in [6, 6.07) is 7.29. The molecular weight excluding hydrogens is 443 g/mol. The van der Waals surface area contributed by atoms with Gasteiger partial charge in [0.05, 0.1) is 17.9 Å². The van der Waals surface area contributed by atoms with E-state index in [0.717, 1.165) is 12.1 Å². The van der Waals surface area contributed by atoms with Gasteiger partial charge in [0.2, 0.25) is 5.91 Å². The Morgan fingerprint density at radius 1 is 1.19 bits per heavy atom. The molecule has 0 radical (unpaired) electrons. The van der Waals surface area contributed by atoms with Crippen LogP contribution in [0.25, 0.3) is 0 Å². The molecule has 0 aromatic heterocycles. The number of benzene rings is 2. The van der Waals surface area contributed by atoms with E-state index in [1.54, 1.807) is 6.92 Å². The summed E-state index contributed by atoms with van der Waals surface area (Å²) in [5.41, 5.74) is 0.0717. The van der Waals surface area contributed by atoms with E-state index in [4.69, 9.17) is 4.74 Å². The maximum absolute atomic E-state index is 14.0. The summed E-state index contributed by atoms with van der Waals surface area (Å²) >= 11 is 3.10. The minimum atomic E-state index is -4.17. The Hall–Kier alpha value is -2.46. The van der Waals surface area contributed by atoms with Crippen molar-refractivity contribution in [1.82, 2.24) is 0 Å². The highest BCUT2D eigenvalue weighted by molar-refractivity contribution is 9.10. The quantitative estimate of drug-likeness (QED) is 0.644. The lowest BCUT2D eigenvalue weighted by Gasteiger charge is -2.12. The number of ether oxygens (including phenoxy) is 1. The van der Waals surface area contributed by atoms with Gasteiger partial charge in [0, 0.05) is 17.1 Å². The minimum absolute atomic E-state index is 0.110. The number of hydrogen-bond donors (Lipinski definition) is 2. The van der Waals surface area contributed by atoms with E-state index in [2.05, 4.69) is 26.0 Å². The molecule has 2 aromatic carbocycles. The van der Waals surface area contributed by atoms with Crippen molar-refractivity contribution in [3.05, 3.63) is 52.3 Å². The van der Waals surface area contributed by atoms with E-state index < -0.39 is 21.8 Å². The predicted molar refractivity (Wildman–Crippen MR) is 102 cm³/mol. The standard InChI is InChI=1S/C17H16BrFN2O5S/c1-3-26-17(23)11-4-7-16(13(18)8-11)27(24,25)21-15-9-12(20-10(2)22)5-6-14(15)19/h4-9,21H,3H2,1-2H3,(H,20,22). The van der Waals surface area contributed by atoms with Crippen LogP contribution in [0.2, 0.25) is 0 Å². The molecule has 0 spiro atoms. The lowest BCUT2D eigenvalue weighted by Crippen LogP contribution is -2.16. The first-order chi connectivity index (χ1) is 12.6. The molecule has 0 aliphatic carbocycles. The number of amides is 1. The lowest BCUT2D eigenvalue weighted by molar-refractivity contribution is -0.114. The molecule has 0 unspecified atom stereocenters. The van der Waals surface area contributed by atoms with Gasteiger partial charge >= 0.3 is 5.97 Å². The van der Waals surface area contributed by atoms with Gasteiger partial charge in [-0.2, -0.15) is 0 Å². The summed E-state index contributed by atoms with van der Waals surface area (Å²) in [5.74, 6) is -1.79. The zero-order valence-corrected chi connectivity index (χ0v) is 16.8. The van der Waals surface area contributed by atoms with Gasteiger partial charge in [-0.3, -0.25) is 9.52 Å². The molecule has 0 saturated carbocycles. The van der Waals surface area contributed by atoms with Gasteiger partial charge in [-0.05, 0) is 59.3 Å². The van der Waals surface area contributed by atoms with Crippen LogP contribution in [0, 0.1) is 5.82 Å². The Labute approximate surface area is 164 Å². The molecule has 10 heteroatoms. The number of carbonyl (C=O) groups is 2. The molecule has 27 heavy (non-hydrogen) atoms. The number of carbonyl (C=O) groups excluding carboxylic acids is 2. The number of halogens is 2. The zero-order chi connectivity index (χ0) is 20.2. The van der Waals surface area contributed by atoms with E-state index in [-0.39, 0.29) is 38.8 Å². The maximum atomic E-state index is 14.0. The van der Waals surface area contributed by atoms with Crippen molar-refractivity contribution >= 4 is 49.2 Å². The molecule has 0 bridgehead atoms. The van der Waals surface area contributed by atoms with Crippen molar-refractivity contribution in [1.29, 1.82) is 0 Å². The van der Waals surface area contributed by atoms with E-state index >= 15 is 0 Å². The highest BCUT2D eigenvalue weighted by Crippen LogP contribution is 2.28. The number of anilines is 2. The van der Waals surface area contributed by atoms with Crippen LogP contribution in [0.3, 0.4) is 0 Å². The normalized spacial score (nSPS) is 11.0. The zero-order valence-electron chi connectivity index (χ0n) is 14.4. The summed E-state index contributed by atoms with van der Waals surface area (Å²) in [4.78, 5) is 22.6. The summed E-state index contributed by atoms with van der Waals surface area (Å²) in [6.45, 7) is 3.11. The summed E-state index contributed by atoms with van der Waals surface area (Å²) in [7, 11) is -4.17. The third-order valence-corrected chi connectivity index (χ3v) is 5.61. The molecule has 7 nitrogen and oxygen atoms in total. The van der Waals surface area contributed by atoms with E-state index in [1.165, 1.54) is 31.2 Å². The van der Waals surface area contributed by atoms with E-state index in [1.807, 2.05) is 0 Å². The van der Waals surface area contributed by atoms with Crippen molar-refractivity contribution in [2.75, 3.05) is 16.6 Å². The number of nitrogens with one attached hydrogen (secondary N) is 2. The number of rotatable bonds is 6. The van der Waals surface area contributed by atoms with Crippen LogP contribution >= 0.6 is 15.9 Å². The molecule has 0 aliphatic heterocycles.